The Balaban J connectivity index is 1.61. The SMILES string of the molecule is O=C(CCF)N1CCC2(CC1)Cc1nccn1-c1ccccc1O2. The van der Waals surface area contributed by atoms with E-state index in [4.69, 9.17) is 4.74 Å². The molecule has 1 saturated heterocycles. The van der Waals surface area contributed by atoms with Gasteiger partial charge in [-0.2, -0.15) is 0 Å². The molecule has 1 spiro atoms. The lowest BCUT2D eigenvalue weighted by molar-refractivity contribution is -0.134. The van der Waals surface area contributed by atoms with E-state index in [-0.39, 0.29) is 17.9 Å². The minimum Gasteiger partial charge on any atom is -0.484 e. The van der Waals surface area contributed by atoms with Crippen molar-refractivity contribution in [2.75, 3.05) is 19.8 Å². The van der Waals surface area contributed by atoms with Crippen molar-refractivity contribution in [3.8, 4) is 11.4 Å². The number of carbonyl (C=O) groups excluding carboxylic acids is 1. The maximum Gasteiger partial charge on any atom is 0.225 e. The van der Waals surface area contributed by atoms with Crippen LogP contribution in [0, 0.1) is 0 Å². The molecule has 24 heavy (non-hydrogen) atoms. The van der Waals surface area contributed by atoms with Crippen molar-refractivity contribution in [2.45, 2.75) is 31.3 Å². The topological polar surface area (TPSA) is 47.4 Å². The Kier molecular flexibility index (Phi) is 3.75. The Morgan fingerprint density at radius 2 is 2.08 bits per heavy atom. The molecule has 1 fully saturated rings. The quantitative estimate of drug-likeness (QED) is 0.851. The van der Waals surface area contributed by atoms with Crippen molar-refractivity contribution in [1.29, 1.82) is 0 Å². The summed E-state index contributed by atoms with van der Waals surface area (Å²) < 4.78 is 20.9. The number of rotatable bonds is 2. The molecule has 126 valence electrons. The molecule has 4 rings (SSSR count). The molecule has 5 nitrogen and oxygen atoms in total. The number of hydrogen-bond acceptors (Lipinski definition) is 3. The second-order valence-corrected chi connectivity index (χ2v) is 6.46. The van der Waals surface area contributed by atoms with Gasteiger partial charge < -0.3 is 14.2 Å². The van der Waals surface area contributed by atoms with E-state index in [9.17, 15) is 9.18 Å². The van der Waals surface area contributed by atoms with E-state index >= 15 is 0 Å². The zero-order valence-corrected chi connectivity index (χ0v) is 13.4. The van der Waals surface area contributed by atoms with Crippen molar-refractivity contribution in [3.05, 3.63) is 42.5 Å². The minimum absolute atomic E-state index is 0.0267. The number of amides is 1. The number of imidazole rings is 1. The Morgan fingerprint density at radius 1 is 1.29 bits per heavy atom. The van der Waals surface area contributed by atoms with E-state index in [0.29, 0.717) is 19.5 Å². The predicted octanol–water partition coefficient (Wildman–Crippen LogP) is 2.53. The number of para-hydroxylation sites is 2. The normalized spacial score (nSPS) is 18.5. The maximum absolute atomic E-state index is 12.4. The molecular formula is C18H20FN3O2. The Bertz CT molecular complexity index is 750. The van der Waals surface area contributed by atoms with Crippen molar-refractivity contribution >= 4 is 5.91 Å². The average molecular weight is 329 g/mol. The Labute approximate surface area is 140 Å². The van der Waals surface area contributed by atoms with Crippen LogP contribution >= 0.6 is 0 Å². The number of carbonyl (C=O) groups is 1. The summed E-state index contributed by atoms with van der Waals surface area (Å²) >= 11 is 0. The van der Waals surface area contributed by atoms with E-state index < -0.39 is 6.67 Å². The van der Waals surface area contributed by atoms with Gasteiger partial charge >= 0.3 is 0 Å². The molecule has 0 radical (unpaired) electrons. The number of benzene rings is 1. The first-order valence-corrected chi connectivity index (χ1v) is 8.35. The predicted molar refractivity (Wildman–Crippen MR) is 87.0 cm³/mol. The fourth-order valence-electron chi connectivity index (χ4n) is 3.67. The van der Waals surface area contributed by atoms with E-state index in [1.54, 1.807) is 4.90 Å². The van der Waals surface area contributed by atoms with Gasteiger partial charge in [-0.3, -0.25) is 9.18 Å². The summed E-state index contributed by atoms with van der Waals surface area (Å²) in [6.45, 7) is 0.602. The molecule has 2 aliphatic rings. The third kappa shape index (κ3) is 2.56. The summed E-state index contributed by atoms with van der Waals surface area (Å²) in [6, 6.07) is 7.96. The first-order valence-electron chi connectivity index (χ1n) is 8.35. The van der Waals surface area contributed by atoms with Gasteiger partial charge in [0, 0.05) is 44.7 Å². The molecule has 2 aromatic rings. The first kappa shape index (κ1) is 15.2. The average Bonchev–Trinajstić information content (AvgIpc) is 2.99. The fourth-order valence-corrected chi connectivity index (χ4v) is 3.67. The standard InChI is InChI=1S/C18H20FN3O2/c19-8-5-17(23)21-10-6-18(7-11-21)13-16-20-9-12-22(16)14-3-1-2-4-15(14)24-18/h1-4,9,12H,5-8,10-11,13H2. The molecule has 6 heteroatoms. The van der Waals surface area contributed by atoms with Gasteiger partial charge in [-0.15, -0.1) is 0 Å². The highest BCUT2D eigenvalue weighted by atomic mass is 19.1. The van der Waals surface area contributed by atoms with Crippen LogP contribution in [0.3, 0.4) is 0 Å². The highest BCUT2D eigenvalue weighted by molar-refractivity contribution is 5.76. The van der Waals surface area contributed by atoms with E-state index in [1.807, 2.05) is 36.7 Å². The molecule has 1 amide bonds. The van der Waals surface area contributed by atoms with Gasteiger partial charge in [-0.05, 0) is 12.1 Å². The molecule has 0 N–H and O–H groups in total. The van der Waals surface area contributed by atoms with Gasteiger partial charge in [0.05, 0.1) is 18.8 Å². The van der Waals surface area contributed by atoms with E-state index in [1.165, 1.54) is 0 Å². The maximum atomic E-state index is 12.4. The van der Waals surface area contributed by atoms with Crippen LogP contribution in [0.4, 0.5) is 4.39 Å². The zero-order chi connectivity index (χ0) is 16.6. The molecule has 0 aliphatic carbocycles. The molecule has 0 saturated carbocycles. The van der Waals surface area contributed by atoms with Crippen LogP contribution in [-0.4, -0.2) is 45.7 Å². The van der Waals surface area contributed by atoms with Gasteiger partial charge in [0.25, 0.3) is 0 Å². The van der Waals surface area contributed by atoms with Crippen LogP contribution in [-0.2, 0) is 11.2 Å². The lowest BCUT2D eigenvalue weighted by atomic mass is 9.87. The number of piperidine rings is 1. The number of likely N-dealkylation sites (tertiary alicyclic amines) is 1. The summed E-state index contributed by atoms with van der Waals surface area (Å²) in [5, 5.41) is 0. The van der Waals surface area contributed by atoms with Crippen LogP contribution in [0.5, 0.6) is 5.75 Å². The van der Waals surface area contributed by atoms with Gasteiger partial charge in [-0.1, -0.05) is 12.1 Å². The molecule has 3 heterocycles. The van der Waals surface area contributed by atoms with Crippen molar-refractivity contribution in [1.82, 2.24) is 14.5 Å². The van der Waals surface area contributed by atoms with Gasteiger partial charge in [0.15, 0.2) is 0 Å². The minimum atomic E-state index is -0.595. The summed E-state index contributed by atoms with van der Waals surface area (Å²) in [6.07, 6.45) is 5.90. The monoisotopic (exact) mass is 329 g/mol. The number of alkyl halides is 1. The highest BCUT2D eigenvalue weighted by Gasteiger charge is 2.41. The molecule has 2 aliphatic heterocycles. The first-order chi connectivity index (χ1) is 11.7. The number of aromatic nitrogens is 2. The van der Waals surface area contributed by atoms with Crippen LogP contribution in [0.2, 0.25) is 0 Å². The smallest absolute Gasteiger partial charge is 0.225 e. The molecular weight excluding hydrogens is 309 g/mol. The van der Waals surface area contributed by atoms with E-state index in [0.717, 1.165) is 30.1 Å². The van der Waals surface area contributed by atoms with Crippen LogP contribution in [0.1, 0.15) is 25.1 Å². The second-order valence-electron chi connectivity index (χ2n) is 6.46. The lowest BCUT2D eigenvalue weighted by Crippen LogP contribution is -2.51. The van der Waals surface area contributed by atoms with Gasteiger partial charge in [0.1, 0.15) is 17.2 Å². The van der Waals surface area contributed by atoms with Crippen LogP contribution < -0.4 is 4.74 Å². The number of halogens is 1. The van der Waals surface area contributed by atoms with Crippen molar-refractivity contribution in [3.63, 3.8) is 0 Å². The van der Waals surface area contributed by atoms with Gasteiger partial charge in [0.2, 0.25) is 5.91 Å². The summed E-state index contributed by atoms with van der Waals surface area (Å²) in [5.74, 6) is 1.71. The fraction of sp³-hybridized carbons (Fsp3) is 0.444. The Morgan fingerprint density at radius 3 is 2.88 bits per heavy atom. The molecule has 0 bridgehead atoms. The molecule has 1 aromatic carbocycles. The second kappa shape index (κ2) is 5.92. The number of fused-ring (bicyclic) bond motifs is 3. The largest absolute Gasteiger partial charge is 0.484 e. The molecule has 0 atom stereocenters. The van der Waals surface area contributed by atoms with E-state index in [2.05, 4.69) is 9.55 Å². The summed E-state index contributed by atoms with van der Waals surface area (Å²) in [4.78, 5) is 18.2. The highest BCUT2D eigenvalue weighted by Crippen LogP contribution is 2.38. The number of ether oxygens (including phenoxy) is 1. The molecule has 1 aromatic heterocycles. The molecule has 0 unspecified atom stereocenters. The number of nitrogens with zero attached hydrogens (tertiary/aromatic N) is 3. The third-order valence-electron chi connectivity index (χ3n) is 4.98. The van der Waals surface area contributed by atoms with Crippen molar-refractivity contribution in [2.24, 2.45) is 0 Å². The van der Waals surface area contributed by atoms with Crippen molar-refractivity contribution < 1.29 is 13.9 Å². The lowest BCUT2D eigenvalue weighted by Gasteiger charge is -2.41. The van der Waals surface area contributed by atoms with Crippen LogP contribution in [0.15, 0.2) is 36.7 Å². The zero-order valence-electron chi connectivity index (χ0n) is 13.4. The summed E-state index contributed by atoms with van der Waals surface area (Å²) in [5.41, 5.74) is 0.639. The third-order valence-corrected chi connectivity index (χ3v) is 4.98. The van der Waals surface area contributed by atoms with Crippen LogP contribution in [0.25, 0.3) is 5.69 Å². The number of hydrogen-bond donors (Lipinski definition) is 0. The Hall–Kier alpha value is -2.37. The van der Waals surface area contributed by atoms with Gasteiger partial charge in [-0.25, -0.2) is 4.98 Å². The summed E-state index contributed by atoms with van der Waals surface area (Å²) in [7, 11) is 0.